The van der Waals surface area contributed by atoms with Gasteiger partial charge in [0.2, 0.25) is 0 Å². The minimum absolute atomic E-state index is 0.0405. The number of carbonyl (C=O) groups excluding carboxylic acids is 1. The number of nitrogens with zero attached hydrogens (tertiary/aromatic N) is 1. The second kappa shape index (κ2) is 5.63. The Bertz CT molecular complexity index is 723. The van der Waals surface area contributed by atoms with Gasteiger partial charge in [-0.15, -0.1) is 0 Å². The third kappa shape index (κ3) is 2.90. The summed E-state index contributed by atoms with van der Waals surface area (Å²) in [6.07, 6.45) is 0. The van der Waals surface area contributed by atoms with Crippen LogP contribution in [0.2, 0.25) is 0 Å². The number of phenols is 2. The number of nitrogens with one attached hydrogen (secondary N) is 1. The summed E-state index contributed by atoms with van der Waals surface area (Å²) in [7, 11) is 0. The van der Waals surface area contributed by atoms with E-state index in [0.717, 1.165) is 0 Å². The van der Waals surface area contributed by atoms with Crippen LogP contribution >= 0.6 is 15.9 Å². The SMILES string of the molecule is N#Cc1ccc(NC(=O)c2cc(O)ccc2O)c(Br)c1. The monoisotopic (exact) mass is 332 g/mol. The highest BCUT2D eigenvalue weighted by Crippen LogP contribution is 2.26. The zero-order valence-electron chi connectivity index (χ0n) is 10.1. The predicted octanol–water partition coefficient (Wildman–Crippen LogP) is 2.98. The van der Waals surface area contributed by atoms with Crippen LogP contribution < -0.4 is 5.32 Å². The largest absolute Gasteiger partial charge is 0.508 e. The maximum Gasteiger partial charge on any atom is 0.259 e. The van der Waals surface area contributed by atoms with E-state index >= 15 is 0 Å². The zero-order chi connectivity index (χ0) is 14.7. The van der Waals surface area contributed by atoms with Crippen molar-refractivity contribution >= 4 is 27.5 Å². The summed E-state index contributed by atoms with van der Waals surface area (Å²) >= 11 is 3.24. The quantitative estimate of drug-likeness (QED) is 0.737. The van der Waals surface area contributed by atoms with Crippen molar-refractivity contribution in [3.63, 3.8) is 0 Å². The summed E-state index contributed by atoms with van der Waals surface area (Å²) in [5.74, 6) is -0.916. The number of aromatic hydroxyl groups is 2. The van der Waals surface area contributed by atoms with Crippen LogP contribution in [0.3, 0.4) is 0 Å². The summed E-state index contributed by atoms with van der Waals surface area (Å²) in [4.78, 5) is 12.0. The molecule has 0 saturated carbocycles. The van der Waals surface area contributed by atoms with Gasteiger partial charge in [-0.1, -0.05) is 0 Å². The minimum Gasteiger partial charge on any atom is -0.508 e. The van der Waals surface area contributed by atoms with Crippen molar-refractivity contribution in [3.05, 3.63) is 52.0 Å². The Morgan fingerprint density at radius 2 is 1.95 bits per heavy atom. The Kier molecular flexibility index (Phi) is 3.91. The number of phenolic OH excluding ortho intramolecular Hbond substituents is 2. The van der Waals surface area contributed by atoms with Crippen LogP contribution in [0.4, 0.5) is 5.69 Å². The molecule has 0 bridgehead atoms. The van der Waals surface area contributed by atoms with Crippen molar-refractivity contribution in [2.75, 3.05) is 5.32 Å². The van der Waals surface area contributed by atoms with Crippen molar-refractivity contribution in [2.45, 2.75) is 0 Å². The highest BCUT2D eigenvalue weighted by molar-refractivity contribution is 9.10. The molecule has 0 aromatic heterocycles. The van der Waals surface area contributed by atoms with Crippen LogP contribution in [-0.4, -0.2) is 16.1 Å². The lowest BCUT2D eigenvalue weighted by Gasteiger charge is -2.09. The molecule has 0 saturated heterocycles. The Hall–Kier alpha value is -2.52. The third-order valence-corrected chi connectivity index (χ3v) is 3.23. The maximum atomic E-state index is 12.0. The number of hydrogen-bond donors (Lipinski definition) is 3. The van der Waals surface area contributed by atoms with Crippen molar-refractivity contribution in [1.29, 1.82) is 5.26 Å². The third-order valence-electron chi connectivity index (χ3n) is 2.57. The van der Waals surface area contributed by atoms with Crippen LogP contribution in [0.15, 0.2) is 40.9 Å². The molecule has 0 heterocycles. The Morgan fingerprint density at radius 1 is 1.20 bits per heavy atom. The lowest BCUT2D eigenvalue weighted by molar-refractivity contribution is 0.102. The van der Waals surface area contributed by atoms with E-state index in [0.29, 0.717) is 15.7 Å². The molecule has 20 heavy (non-hydrogen) atoms. The van der Waals surface area contributed by atoms with Crippen molar-refractivity contribution in [3.8, 4) is 17.6 Å². The van der Waals surface area contributed by atoms with Gasteiger partial charge in [0, 0.05) is 4.47 Å². The number of nitriles is 1. The van der Waals surface area contributed by atoms with Crippen molar-refractivity contribution in [1.82, 2.24) is 0 Å². The molecule has 100 valence electrons. The van der Waals surface area contributed by atoms with Crippen molar-refractivity contribution in [2.24, 2.45) is 0 Å². The van der Waals surface area contributed by atoms with Crippen LogP contribution in [0, 0.1) is 11.3 Å². The fraction of sp³-hybridized carbons (Fsp3) is 0. The van der Waals surface area contributed by atoms with Gasteiger partial charge in [0.25, 0.3) is 5.91 Å². The summed E-state index contributed by atoms with van der Waals surface area (Å²) in [6, 6.07) is 10.4. The fourth-order valence-electron chi connectivity index (χ4n) is 1.58. The van der Waals surface area contributed by atoms with Crippen molar-refractivity contribution < 1.29 is 15.0 Å². The number of carbonyl (C=O) groups is 1. The van der Waals surface area contributed by atoms with Gasteiger partial charge >= 0.3 is 0 Å². The average Bonchev–Trinajstić information content (AvgIpc) is 2.43. The lowest BCUT2D eigenvalue weighted by Crippen LogP contribution is -2.12. The first kappa shape index (κ1) is 13.9. The molecular formula is C14H9BrN2O3. The van der Waals surface area contributed by atoms with Crippen LogP contribution in [0.25, 0.3) is 0 Å². The first-order valence-electron chi connectivity index (χ1n) is 5.54. The maximum absolute atomic E-state index is 12.0. The molecule has 0 radical (unpaired) electrons. The van der Waals surface area contributed by atoms with Gasteiger partial charge in [-0.3, -0.25) is 4.79 Å². The zero-order valence-corrected chi connectivity index (χ0v) is 11.7. The lowest BCUT2D eigenvalue weighted by atomic mass is 10.1. The topological polar surface area (TPSA) is 93.4 Å². The second-order valence-electron chi connectivity index (χ2n) is 3.96. The van der Waals surface area contributed by atoms with Gasteiger partial charge in [-0.25, -0.2) is 0 Å². The number of amides is 1. The van der Waals surface area contributed by atoms with Crippen LogP contribution in [0.1, 0.15) is 15.9 Å². The minimum atomic E-state index is -0.566. The molecule has 0 aliphatic heterocycles. The van der Waals surface area contributed by atoms with E-state index in [2.05, 4.69) is 21.2 Å². The molecular weight excluding hydrogens is 324 g/mol. The Labute approximate surface area is 123 Å². The molecule has 0 spiro atoms. The highest BCUT2D eigenvalue weighted by Gasteiger charge is 2.13. The highest BCUT2D eigenvalue weighted by atomic mass is 79.9. The van der Waals surface area contributed by atoms with E-state index in [1.807, 2.05) is 6.07 Å². The first-order chi connectivity index (χ1) is 9.51. The van der Waals surface area contributed by atoms with Gasteiger partial charge in [0.05, 0.1) is 22.9 Å². The van der Waals surface area contributed by atoms with Gasteiger partial charge in [-0.2, -0.15) is 5.26 Å². The second-order valence-corrected chi connectivity index (χ2v) is 4.82. The van der Waals surface area contributed by atoms with E-state index in [-0.39, 0.29) is 17.1 Å². The molecule has 6 heteroatoms. The molecule has 2 rings (SSSR count). The average molecular weight is 333 g/mol. The normalized spacial score (nSPS) is 9.80. The summed E-state index contributed by atoms with van der Waals surface area (Å²) in [6.45, 7) is 0. The van der Waals surface area contributed by atoms with E-state index in [4.69, 9.17) is 5.26 Å². The molecule has 0 aliphatic carbocycles. The molecule has 0 atom stereocenters. The summed E-state index contributed by atoms with van der Waals surface area (Å²) in [5, 5.41) is 30.3. The van der Waals surface area contributed by atoms with Crippen LogP contribution in [-0.2, 0) is 0 Å². The molecule has 2 aromatic rings. The van der Waals surface area contributed by atoms with Gasteiger partial charge in [0.15, 0.2) is 0 Å². The number of rotatable bonds is 2. The predicted molar refractivity (Wildman–Crippen MR) is 76.6 cm³/mol. The number of benzene rings is 2. The van der Waals surface area contributed by atoms with Gasteiger partial charge in [0.1, 0.15) is 11.5 Å². The molecule has 1 amide bonds. The van der Waals surface area contributed by atoms with E-state index in [9.17, 15) is 15.0 Å². The molecule has 0 unspecified atom stereocenters. The summed E-state index contributed by atoms with van der Waals surface area (Å²) in [5.41, 5.74) is 0.869. The number of halogens is 1. The van der Waals surface area contributed by atoms with Gasteiger partial charge in [-0.05, 0) is 52.3 Å². The van der Waals surface area contributed by atoms with Crippen LogP contribution in [0.5, 0.6) is 11.5 Å². The summed E-state index contributed by atoms with van der Waals surface area (Å²) < 4.78 is 0.546. The smallest absolute Gasteiger partial charge is 0.259 e. The molecule has 0 aliphatic rings. The number of hydrogen-bond acceptors (Lipinski definition) is 4. The van der Waals surface area contributed by atoms with E-state index in [1.165, 1.54) is 18.2 Å². The first-order valence-corrected chi connectivity index (χ1v) is 6.33. The van der Waals surface area contributed by atoms with Gasteiger partial charge < -0.3 is 15.5 Å². The Balaban J connectivity index is 2.28. The fourth-order valence-corrected chi connectivity index (χ4v) is 2.06. The molecule has 3 N–H and O–H groups in total. The molecule has 2 aromatic carbocycles. The molecule has 0 fully saturated rings. The van der Waals surface area contributed by atoms with E-state index in [1.54, 1.807) is 18.2 Å². The van der Waals surface area contributed by atoms with E-state index < -0.39 is 5.91 Å². The Morgan fingerprint density at radius 3 is 2.60 bits per heavy atom. The standard InChI is InChI=1S/C14H9BrN2O3/c15-11-5-8(7-16)1-3-12(11)17-14(20)10-6-9(18)2-4-13(10)19/h1-6,18-19H,(H,17,20). The molecule has 5 nitrogen and oxygen atoms in total. The number of anilines is 1.